The maximum absolute atomic E-state index is 13.5. The van der Waals surface area contributed by atoms with Gasteiger partial charge in [0, 0.05) is 19.3 Å². The standard InChI is InChI=1S/C19H22FN3O/c1-3-19(24)23(13-18-9-10-21-22(18)2)17-8-7-15(12-17)14-5-4-6-16(20)11-14/h3-6,9-11,15,17H,1,7-8,12-13H2,2H3. The van der Waals surface area contributed by atoms with Gasteiger partial charge in [-0.05, 0) is 55.0 Å². The molecular weight excluding hydrogens is 305 g/mol. The molecule has 2 atom stereocenters. The van der Waals surface area contributed by atoms with Gasteiger partial charge in [0.1, 0.15) is 5.82 Å². The molecule has 1 amide bonds. The summed E-state index contributed by atoms with van der Waals surface area (Å²) in [6, 6.07) is 8.85. The average molecular weight is 327 g/mol. The molecule has 0 N–H and O–H groups in total. The molecule has 4 nitrogen and oxygen atoms in total. The third kappa shape index (κ3) is 3.40. The first-order valence-electron chi connectivity index (χ1n) is 8.24. The number of benzene rings is 1. The molecule has 1 saturated carbocycles. The summed E-state index contributed by atoms with van der Waals surface area (Å²) >= 11 is 0. The van der Waals surface area contributed by atoms with E-state index < -0.39 is 0 Å². The van der Waals surface area contributed by atoms with Gasteiger partial charge >= 0.3 is 0 Å². The van der Waals surface area contributed by atoms with E-state index >= 15 is 0 Å². The van der Waals surface area contributed by atoms with Crippen LogP contribution in [0.15, 0.2) is 49.2 Å². The quantitative estimate of drug-likeness (QED) is 0.789. The van der Waals surface area contributed by atoms with Crippen molar-refractivity contribution < 1.29 is 9.18 Å². The molecule has 0 saturated heterocycles. The predicted molar refractivity (Wildman–Crippen MR) is 90.7 cm³/mol. The van der Waals surface area contributed by atoms with E-state index in [-0.39, 0.29) is 23.7 Å². The van der Waals surface area contributed by atoms with Gasteiger partial charge in [-0.3, -0.25) is 9.48 Å². The zero-order valence-corrected chi connectivity index (χ0v) is 13.9. The highest BCUT2D eigenvalue weighted by Crippen LogP contribution is 2.37. The number of carbonyl (C=O) groups is 1. The van der Waals surface area contributed by atoms with E-state index in [0.29, 0.717) is 6.54 Å². The van der Waals surface area contributed by atoms with Gasteiger partial charge in [0.25, 0.3) is 0 Å². The minimum atomic E-state index is -0.204. The SMILES string of the molecule is C=CC(=O)N(Cc1ccnn1C)C1CCC(c2cccc(F)c2)C1. The minimum absolute atomic E-state index is 0.0684. The number of hydrogen-bond acceptors (Lipinski definition) is 2. The summed E-state index contributed by atoms with van der Waals surface area (Å²) in [6.45, 7) is 4.15. The van der Waals surface area contributed by atoms with Gasteiger partial charge in [-0.1, -0.05) is 18.7 Å². The second-order valence-corrected chi connectivity index (χ2v) is 6.34. The Morgan fingerprint density at radius 1 is 1.46 bits per heavy atom. The van der Waals surface area contributed by atoms with Crippen molar-refractivity contribution >= 4 is 5.91 Å². The van der Waals surface area contributed by atoms with Crippen molar-refractivity contribution in [1.29, 1.82) is 0 Å². The van der Waals surface area contributed by atoms with E-state index in [4.69, 9.17) is 0 Å². The fraction of sp³-hybridized carbons (Fsp3) is 0.368. The van der Waals surface area contributed by atoms with Crippen LogP contribution in [0.2, 0.25) is 0 Å². The summed E-state index contributed by atoms with van der Waals surface area (Å²) in [5, 5.41) is 4.16. The number of carbonyl (C=O) groups excluding carboxylic acids is 1. The largest absolute Gasteiger partial charge is 0.330 e. The molecule has 126 valence electrons. The van der Waals surface area contributed by atoms with Crippen molar-refractivity contribution in [3.63, 3.8) is 0 Å². The lowest BCUT2D eigenvalue weighted by Gasteiger charge is -2.28. The molecule has 5 heteroatoms. The Morgan fingerprint density at radius 3 is 2.96 bits per heavy atom. The molecule has 0 radical (unpaired) electrons. The highest BCUT2D eigenvalue weighted by atomic mass is 19.1. The van der Waals surface area contributed by atoms with Crippen molar-refractivity contribution in [2.45, 2.75) is 37.8 Å². The Hall–Kier alpha value is -2.43. The Labute approximate surface area is 141 Å². The first-order valence-corrected chi connectivity index (χ1v) is 8.24. The lowest BCUT2D eigenvalue weighted by Crippen LogP contribution is -2.37. The summed E-state index contributed by atoms with van der Waals surface area (Å²) in [5.74, 6) is 0.0169. The zero-order valence-electron chi connectivity index (χ0n) is 13.9. The van der Waals surface area contributed by atoms with Crippen molar-refractivity contribution in [1.82, 2.24) is 14.7 Å². The molecule has 3 rings (SSSR count). The third-order valence-electron chi connectivity index (χ3n) is 4.88. The Balaban J connectivity index is 1.76. The number of aromatic nitrogens is 2. The number of halogens is 1. The van der Waals surface area contributed by atoms with Gasteiger partial charge < -0.3 is 4.90 Å². The molecule has 0 aliphatic heterocycles. The first-order chi connectivity index (χ1) is 11.6. The van der Waals surface area contributed by atoms with E-state index in [9.17, 15) is 9.18 Å². The lowest BCUT2D eigenvalue weighted by molar-refractivity contribution is -0.128. The van der Waals surface area contributed by atoms with Crippen LogP contribution in [-0.2, 0) is 18.4 Å². The van der Waals surface area contributed by atoms with Crippen LogP contribution < -0.4 is 0 Å². The third-order valence-corrected chi connectivity index (χ3v) is 4.88. The van der Waals surface area contributed by atoms with Gasteiger partial charge in [-0.25, -0.2) is 4.39 Å². The van der Waals surface area contributed by atoms with Crippen LogP contribution in [0.1, 0.15) is 36.4 Å². The van der Waals surface area contributed by atoms with Crippen molar-refractivity contribution in [3.05, 3.63) is 66.3 Å². The number of nitrogens with zero attached hydrogens (tertiary/aromatic N) is 3. The Kier molecular flexibility index (Phi) is 4.79. The highest BCUT2D eigenvalue weighted by Gasteiger charge is 2.32. The smallest absolute Gasteiger partial charge is 0.246 e. The van der Waals surface area contributed by atoms with Crippen LogP contribution in [0.25, 0.3) is 0 Å². The summed E-state index contributed by atoms with van der Waals surface area (Å²) in [6.07, 6.45) is 5.82. The summed E-state index contributed by atoms with van der Waals surface area (Å²) < 4.78 is 15.2. The maximum atomic E-state index is 13.5. The molecule has 2 aromatic rings. The topological polar surface area (TPSA) is 38.1 Å². The van der Waals surface area contributed by atoms with Crippen LogP contribution in [-0.4, -0.2) is 26.6 Å². The van der Waals surface area contributed by atoms with Crippen LogP contribution in [0, 0.1) is 5.82 Å². The maximum Gasteiger partial charge on any atom is 0.246 e. The van der Waals surface area contributed by atoms with Crippen molar-refractivity contribution in [2.24, 2.45) is 7.05 Å². The monoisotopic (exact) mass is 327 g/mol. The average Bonchev–Trinajstić information content (AvgIpc) is 3.21. The number of amides is 1. The van der Waals surface area contributed by atoms with Crippen LogP contribution >= 0.6 is 0 Å². The molecule has 1 aromatic heterocycles. The Bertz CT molecular complexity index is 740. The van der Waals surface area contributed by atoms with Crippen molar-refractivity contribution in [2.75, 3.05) is 0 Å². The van der Waals surface area contributed by atoms with Crippen LogP contribution in [0.4, 0.5) is 4.39 Å². The minimum Gasteiger partial charge on any atom is -0.330 e. The molecule has 1 aromatic carbocycles. The van der Waals surface area contributed by atoms with Crippen LogP contribution in [0.3, 0.4) is 0 Å². The predicted octanol–water partition coefficient (Wildman–Crippen LogP) is 3.41. The number of aryl methyl sites for hydroxylation is 1. The molecule has 0 bridgehead atoms. The summed E-state index contributed by atoms with van der Waals surface area (Å²) in [7, 11) is 1.87. The fourth-order valence-corrected chi connectivity index (χ4v) is 3.54. The molecule has 24 heavy (non-hydrogen) atoms. The molecule has 1 heterocycles. The van der Waals surface area contributed by atoms with Gasteiger partial charge in [-0.15, -0.1) is 0 Å². The fourth-order valence-electron chi connectivity index (χ4n) is 3.54. The molecule has 1 aliphatic rings. The zero-order chi connectivity index (χ0) is 17.1. The van der Waals surface area contributed by atoms with E-state index in [1.807, 2.05) is 24.1 Å². The van der Waals surface area contributed by atoms with Gasteiger partial charge in [0.15, 0.2) is 0 Å². The van der Waals surface area contributed by atoms with E-state index in [0.717, 1.165) is 30.5 Å². The normalized spacial score (nSPS) is 20.1. The van der Waals surface area contributed by atoms with Crippen molar-refractivity contribution in [3.8, 4) is 0 Å². The second-order valence-electron chi connectivity index (χ2n) is 6.34. The second kappa shape index (κ2) is 6.99. The highest BCUT2D eigenvalue weighted by molar-refractivity contribution is 5.87. The first kappa shape index (κ1) is 16.4. The van der Waals surface area contributed by atoms with Crippen LogP contribution in [0.5, 0.6) is 0 Å². The van der Waals surface area contributed by atoms with E-state index in [2.05, 4.69) is 11.7 Å². The number of hydrogen-bond donors (Lipinski definition) is 0. The van der Waals surface area contributed by atoms with E-state index in [1.54, 1.807) is 23.0 Å². The van der Waals surface area contributed by atoms with E-state index in [1.165, 1.54) is 12.1 Å². The molecule has 0 spiro atoms. The number of rotatable bonds is 5. The van der Waals surface area contributed by atoms with Gasteiger partial charge in [0.05, 0.1) is 12.2 Å². The molecular formula is C19H22FN3O. The molecule has 1 aliphatic carbocycles. The summed E-state index contributed by atoms with van der Waals surface area (Å²) in [5.41, 5.74) is 2.00. The summed E-state index contributed by atoms with van der Waals surface area (Å²) in [4.78, 5) is 14.2. The van der Waals surface area contributed by atoms with Gasteiger partial charge in [0.2, 0.25) is 5.91 Å². The molecule has 1 fully saturated rings. The lowest BCUT2D eigenvalue weighted by atomic mass is 9.97. The Morgan fingerprint density at radius 2 is 2.29 bits per heavy atom. The molecule has 2 unspecified atom stereocenters. The van der Waals surface area contributed by atoms with Gasteiger partial charge in [-0.2, -0.15) is 5.10 Å².